The van der Waals surface area contributed by atoms with E-state index in [1.807, 2.05) is 36.2 Å². The summed E-state index contributed by atoms with van der Waals surface area (Å²) in [6, 6.07) is 7.62. The summed E-state index contributed by atoms with van der Waals surface area (Å²) in [6.45, 7) is 2.55. The van der Waals surface area contributed by atoms with Gasteiger partial charge in [0.05, 0.1) is 23.6 Å². The first-order valence-electron chi connectivity index (χ1n) is 8.89. The molecular weight excluding hydrogens is 340 g/mol. The number of amides is 1. The van der Waals surface area contributed by atoms with E-state index in [-0.39, 0.29) is 11.9 Å². The van der Waals surface area contributed by atoms with Gasteiger partial charge in [-0.15, -0.1) is 0 Å². The minimum atomic E-state index is -0.0985. The van der Waals surface area contributed by atoms with Crippen LogP contribution in [-0.2, 0) is 0 Å². The Morgan fingerprint density at radius 3 is 2.41 bits per heavy atom. The first-order valence-corrected chi connectivity index (χ1v) is 8.89. The maximum atomic E-state index is 12.8. The van der Waals surface area contributed by atoms with Crippen molar-refractivity contribution in [2.75, 3.05) is 12.3 Å². The van der Waals surface area contributed by atoms with Gasteiger partial charge in [-0.2, -0.15) is 0 Å². The largest absolute Gasteiger partial charge is 0.384 e. The third-order valence-corrected chi connectivity index (χ3v) is 4.76. The zero-order valence-electron chi connectivity index (χ0n) is 15.0. The molecule has 0 aliphatic carbocycles. The summed E-state index contributed by atoms with van der Waals surface area (Å²) in [5, 5.41) is 0. The lowest BCUT2D eigenvalue weighted by Gasteiger charge is -2.24. The second-order valence-electron chi connectivity index (χ2n) is 6.64. The normalized spacial score (nSPS) is 16.5. The highest BCUT2D eigenvalue weighted by molar-refractivity contribution is 5.92. The zero-order chi connectivity index (χ0) is 18.8. The molecule has 4 rings (SSSR count). The lowest BCUT2D eigenvalue weighted by molar-refractivity contribution is 0.0726. The highest BCUT2D eigenvalue weighted by Crippen LogP contribution is 2.32. The van der Waals surface area contributed by atoms with E-state index in [0.717, 1.165) is 35.4 Å². The molecule has 7 heteroatoms. The van der Waals surface area contributed by atoms with Crippen LogP contribution in [0.1, 0.15) is 40.8 Å². The fourth-order valence-electron chi connectivity index (χ4n) is 3.32. The number of aromatic nitrogens is 4. The number of rotatable bonds is 3. The maximum Gasteiger partial charge on any atom is 0.274 e. The van der Waals surface area contributed by atoms with Crippen molar-refractivity contribution in [1.82, 2.24) is 24.8 Å². The van der Waals surface area contributed by atoms with Crippen molar-refractivity contribution in [1.29, 1.82) is 0 Å². The van der Waals surface area contributed by atoms with Gasteiger partial charge in [0.25, 0.3) is 5.91 Å². The molecule has 1 atom stereocenters. The van der Waals surface area contributed by atoms with Crippen LogP contribution in [0, 0.1) is 6.92 Å². The number of pyridine rings is 2. The fourth-order valence-corrected chi connectivity index (χ4v) is 3.32. The summed E-state index contributed by atoms with van der Waals surface area (Å²) in [5.74, 6) is 0.390. The van der Waals surface area contributed by atoms with Gasteiger partial charge in [-0.25, -0.2) is 9.97 Å². The molecule has 0 aromatic carbocycles. The van der Waals surface area contributed by atoms with Crippen molar-refractivity contribution in [3.63, 3.8) is 0 Å². The van der Waals surface area contributed by atoms with Gasteiger partial charge in [0.15, 0.2) is 0 Å². The van der Waals surface area contributed by atoms with Gasteiger partial charge >= 0.3 is 0 Å². The number of anilines is 1. The number of hydrogen-bond acceptors (Lipinski definition) is 6. The summed E-state index contributed by atoms with van der Waals surface area (Å²) in [5.41, 5.74) is 9.60. The van der Waals surface area contributed by atoms with Crippen LogP contribution in [0.2, 0.25) is 0 Å². The number of carbonyl (C=O) groups is 1. The zero-order valence-corrected chi connectivity index (χ0v) is 15.0. The van der Waals surface area contributed by atoms with Gasteiger partial charge in [0.2, 0.25) is 0 Å². The Kier molecular flexibility index (Phi) is 4.50. The van der Waals surface area contributed by atoms with Gasteiger partial charge in [0.1, 0.15) is 11.5 Å². The minimum Gasteiger partial charge on any atom is -0.384 e. The Balaban J connectivity index is 1.55. The molecule has 4 heterocycles. The van der Waals surface area contributed by atoms with Crippen LogP contribution in [0.3, 0.4) is 0 Å². The molecule has 0 spiro atoms. The van der Waals surface area contributed by atoms with E-state index in [0.29, 0.717) is 18.1 Å². The van der Waals surface area contributed by atoms with Crippen molar-refractivity contribution in [3.8, 4) is 11.1 Å². The quantitative estimate of drug-likeness (QED) is 0.771. The summed E-state index contributed by atoms with van der Waals surface area (Å²) in [4.78, 5) is 31.8. The average Bonchev–Trinajstić information content (AvgIpc) is 3.19. The highest BCUT2D eigenvalue weighted by atomic mass is 16.2. The van der Waals surface area contributed by atoms with Crippen LogP contribution in [0.15, 0.2) is 49.1 Å². The predicted octanol–water partition coefficient (Wildman–Crippen LogP) is 2.80. The number of carbonyl (C=O) groups excluding carboxylic acids is 1. The molecule has 3 aromatic rings. The van der Waals surface area contributed by atoms with E-state index in [9.17, 15) is 4.79 Å². The van der Waals surface area contributed by atoms with Crippen molar-refractivity contribution in [3.05, 3.63) is 66.1 Å². The third kappa shape index (κ3) is 3.48. The Labute approximate surface area is 157 Å². The van der Waals surface area contributed by atoms with E-state index in [1.54, 1.807) is 18.5 Å². The molecule has 7 nitrogen and oxygen atoms in total. The first-order chi connectivity index (χ1) is 13.1. The molecule has 27 heavy (non-hydrogen) atoms. The van der Waals surface area contributed by atoms with Crippen molar-refractivity contribution >= 4 is 11.7 Å². The number of nitrogens with two attached hydrogens (primary N) is 1. The summed E-state index contributed by atoms with van der Waals surface area (Å²) in [6.07, 6.45) is 8.54. The molecular formula is C20H20N6O. The van der Waals surface area contributed by atoms with Gasteiger partial charge in [-0.3, -0.25) is 14.8 Å². The van der Waals surface area contributed by atoms with Gasteiger partial charge in [-0.1, -0.05) is 6.07 Å². The molecule has 1 aliphatic rings. The van der Waals surface area contributed by atoms with Crippen LogP contribution < -0.4 is 5.73 Å². The molecule has 1 fully saturated rings. The predicted molar refractivity (Wildman–Crippen MR) is 102 cm³/mol. The Bertz CT molecular complexity index is 938. The second kappa shape index (κ2) is 7.11. The number of nitrogen functional groups attached to an aromatic ring is 1. The molecule has 0 bridgehead atoms. The summed E-state index contributed by atoms with van der Waals surface area (Å²) < 4.78 is 0. The summed E-state index contributed by atoms with van der Waals surface area (Å²) >= 11 is 0. The van der Waals surface area contributed by atoms with Crippen LogP contribution in [-0.4, -0.2) is 37.3 Å². The molecule has 1 saturated heterocycles. The Morgan fingerprint density at radius 1 is 1.00 bits per heavy atom. The molecule has 1 amide bonds. The van der Waals surface area contributed by atoms with Crippen molar-refractivity contribution in [2.45, 2.75) is 25.8 Å². The first kappa shape index (κ1) is 17.1. The topological polar surface area (TPSA) is 97.9 Å². The van der Waals surface area contributed by atoms with Crippen molar-refractivity contribution < 1.29 is 4.79 Å². The number of likely N-dealkylation sites (tertiary alicyclic amines) is 1. The second-order valence-corrected chi connectivity index (χ2v) is 6.64. The van der Waals surface area contributed by atoms with Crippen molar-refractivity contribution in [2.24, 2.45) is 0 Å². The van der Waals surface area contributed by atoms with E-state index >= 15 is 0 Å². The molecule has 0 saturated carbocycles. The maximum absolute atomic E-state index is 12.8. The number of aryl methyl sites for hydroxylation is 1. The third-order valence-electron chi connectivity index (χ3n) is 4.76. The average molecular weight is 360 g/mol. The Hall–Kier alpha value is -3.35. The van der Waals surface area contributed by atoms with Crippen LogP contribution in [0.4, 0.5) is 5.82 Å². The van der Waals surface area contributed by atoms with E-state index in [2.05, 4.69) is 19.9 Å². The lowest BCUT2D eigenvalue weighted by Crippen LogP contribution is -2.31. The van der Waals surface area contributed by atoms with Crippen LogP contribution in [0.5, 0.6) is 0 Å². The highest BCUT2D eigenvalue weighted by Gasteiger charge is 2.32. The smallest absolute Gasteiger partial charge is 0.274 e. The van der Waals surface area contributed by atoms with Gasteiger partial charge in [-0.05, 0) is 38.0 Å². The minimum absolute atomic E-state index is 0.0424. The van der Waals surface area contributed by atoms with Crippen LogP contribution >= 0.6 is 0 Å². The molecule has 0 radical (unpaired) electrons. The van der Waals surface area contributed by atoms with Gasteiger partial charge in [0, 0.05) is 36.3 Å². The summed E-state index contributed by atoms with van der Waals surface area (Å²) in [7, 11) is 0. The van der Waals surface area contributed by atoms with Gasteiger partial charge < -0.3 is 10.6 Å². The monoisotopic (exact) mass is 360 g/mol. The molecule has 2 N–H and O–H groups in total. The fraction of sp³-hybridized carbons (Fsp3) is 0.250. The standard InChI is InChI=1S/C20H20N6O/c1-13-9-23-17(12-22-13)20(27)26-8-2-3-18(26)16-6-4-14(10-24-16)15-5-7-19(21)25-11-15/h4-7,9-12,18H,2-3,8H2,1H3,(H2,21,25)/t18-/m0/s1. The van der Waals surface area contributed by atoms with E-state index in [4.69, 9.17) is 5.73 Å². The SMILES string of the molecule is Cc1cnc(C(=O)N2CCC[C@H]2c2ccc(-c3ccc(N)nc3)cn2)cn1. The number of nitrogens with zero attached hydrogens (tertiary/aromatic N) is 5. The number of hydrogen-bond donors (Lipinski definition) is 1. The molecule has 3 aromatic heterocycles. The van der Waals surface area contributed by atoms with E-state index < -0.39 is 0 Å². The van der Waals surface area contributed by atoms with Crippen LogP contribution in [0.25, 0.3) is 11.1 Å². The molecule has 1 aliphatic heterocycles. The Morgan fingerprint density at radius 2 is 1.78 bits per heavy atom. The van der Waals surface area contributed by atoms with E-state index in [1.165, 1.54) is 6.20 Å². The molecule has 0 unspecified atom stereocenters. The lowest BCUT2D eigenvalue weighted by atomic mass is 10.1. The molecule has 136 valence electrons.